The third kappa shape index (κ3) is 6.25. The maximum Gasteiger partial charge on any atom is 0.284 e. The van der Waals surface area contributed by atoms with Crippen LogP contribution in [0.15, 0.2) is 51.9 Å². The Labute approximate surface area is 153 Å². The molecule has 0 aliphatic carbocycles. The maximum atomic E-state index is 11.0. The van der Waals surface area contributed by atoms with Crippen LogP contribution < -0.4 is 16.4 Å². The first-order chi connectivity index (χ1) is 12.6. The molecule has 0 bridgehead atoms. The Hall–Kier alpha value is -2.80. The molecule has 0 spiro atoms. The van der Waals surface area contributed by atoms with E-state index < -0.39 is 5.91 Å². The molecule has 1 heterocycles. The lowest BCUT2D eigenvalue weighted by atomic mass is 10.1. The molecule has 7 nitrogen and oxygen atoms in total. The van der Waals surface area contributed by atoms with Crippen LogP contribution in [0.2, 0.25) is 0 Å². The van der Waals surface area contributed by atoms with Gasteiger partial charge in [0.1, 0.15) is 5.76 Å². The summed E-state index contributed by atoms with van der Waals surface area (Å²) in [6.07, 6.45) is 0.928. The number of carbonyl (C=O) groups is 1. The summed E-state index contributed by atoms with van der Waals surface area (Å²) >= 11 is 0. The van der Waals surface area contributed by atoms with Crippen molar-refractivity contribution in [2.24, 2.45) is 10.7 Å². The number of furan rings is 1. The molecule has 26 heavy (non-hydrogen) atoms. The average Bonchev–Trinajstić information content (AvgIpc) is 3.14. The number of carbonyl (C=O) groups excluding carboxylic acids is 1. The van der Waals surface area contributed by atoms with Gasteiger partial charge in [-0.05, 0) is 31.0 Å². The largest absolute Gasteiger partial charge is 0.454 e. The number of rotatable bonds is 9. The second-order valence-corrected chi connectivity index (χ2v) is 5.76. The predicted molar refractivity (Wildman–Crippen MR) is 101 cm³/mol. The Bertz CT molecular complexity index is 713. The van der Waals surface area contributed by atoms with E-state index in [1.165, 1.54) is 5.56 Å². The molecule has 0 aliphatic heterocycles. The quantitative estimate of drug-likeness (QED) is 0.362. The van der Waals surface area contributed by atoms with Gasteiger partial charge in [-0.3, -0.25) is 9.79 Å². The molecule has 0 fully saturated rings. The van der Waals surface area contributed by atoms with Crippen LogP contribution in [0.1, 0.15) is 41.3 Å². The molecule has 0 aliphatic rings. The van der Waals surface area contributed by atoms with E-state index in [9.17, 15) is 4.79 Å². The number of benzene rings is 1. The molecule has 0 radical (unpaired) electrons. The minimum atomic E-state index is -0.580. The van der Waals surface area contributed by atoms with Crippen molar-refractivity contribution in [3.05, 3.63) is 59.5 Å². The summed E-state index contributed by atoms with van der Waals surface area (Å²) in [5.74, 6) is 0.831. The van der Waals surface area contributed by atoms with Crippen molar-refractivity contribution in [1.82, 2.24) is 10.6 Å². The smallest absolute Gasteiger partial charge is 0.284 e. The van der Waals surface area contributed by atoms with Gasteiger partial charge in [0, 0.05) is 20.2 Å². The third-order valence-corrected chi connectivity index (χ3v) is 3.81. The van der Waals surface area contributed by atoms with Crippen molar-refractivity contribution in [2.45, 2.75) is 26.0 Å². The van der Waals surface area contributed by atoms with Crippen molar-refractivity contribution in [1.29, 1.82) is 0 Å². The van der Waals surface area contributed by atoms with Crippen molar-refractivity contribution < 1.29 is 13.9 Å². The van der Waals surface area contributed by atoms with Gasteiger partial charge in [-0.25, -0.2) is 0 Å². The molecule has 1 amide bonds. The zero-order chi connectivity index (χ0) is 18.8. The first kappa shape index (κ1) is 19.5. The van der Waals surface area contributed by atoms with E-state index in [4.69, 9.17) is 14.9 Å². The number of nitrogens with one attached hydrogen (secondary N) is 2. The molecule has 7 heteroatoms. The van der Waals surface area contributed by atoms with Gasteiger partial charge in [0.15, 0.2) is 11.7 Å². The molecule has 0 saturated carbocycles. The highest BCUT2D eigenvalue weighted by atomic mass is 16.5. The third-order valence-electron chi connectivity index (χ3n) is 3.81. The van der Waals surface area contributed by atoms with Crippen molar-refractivity contribution >= 4 is 11.9 Å². The molecule has 2 rings (SSSR count). The molecule has 140 valence electrons. The average molecular weight is 358 g/mol. The Kier molecular flexibility index (Phi) is 7.70. The maximum absolute atomic E-state index is 11.0. The van der Waals surface area contributed by atoms with E-state index in [0.717, 1.165) is 13.0 Å². The molecule has 2 aromatic rings. The molecule has 1 atom stereocenters. The normalized spacial score (nSPS) is 12.6. The monoisotopic (exact) mass is 358 g/mol. The van der Waals surface area contributed by atoms with Crippen LogP contribution in [0.3, 0.4) is 0 Å². The number of hydrogen-bond acceptors (Lipinski definition) is 4. The van der Waals surface area contributed by atoms with Crippen LogP contribution in [0.4, 0.5) is 0 Å². The molecule has 0 saturated heterocycles. The Morgan fingerprint density at radius 3 is 2.65 bits per heavy atom. The molecular weight excluding hydrogens is 332 g/mol. The first-order valence-corrected chi connectivity index (χ1v) is 8.59. The van der Waals surface area contributed by atoms with E-state index in [1.807, 2.05) is 25.1 Å². The number of ether oxygens (including phenoxy) is 1. The number of primary amides is 1. The second-order valence-electron chi connectivity index (χ2n) is 5.76. The fraction of sp³-hybridized carbons (Fsp3) is 0.368. The van der Waals surface area contributed by atoms with Crippen LogP contribution >= 0.6 is 0 Å². The minimum Gasteiger partial charge on any atom is -0.454 e. The van der Waals surface area contributed by atoms with E-state index in [2.05, 4.69) is 27.8 Å². The summed E-state index contributed by atoms with van der Waals surface area (Å²) in [7, 11) is 1.69. The van der Waals surface area contributed by atoms with E-state index in [-0.39, 0.29) is 11.9 Å². The van der Waals surface area contributed by atoms with Crippen molar-refractivity contribution in [3.63, 3.8) is 0 Å². The summed E-state index contributed by atoms with van der Waals surface area (Å²) in [5.41, 5.74) is 6.33. The summed E-state index contributed by atoms with van der Waals surface area (Å²) in [6, 6.07) is 13.4. The molecular formula is C19H26N4O3. The second kappa shape index (κ2) is 10.2. The molecule has 1 aromatic carbocycles. The lowest BCUT2D eigenvalue weighted by molar-refractivity contribution is 0.0646. The number of amides is 1. The fourth-order valence-electron chi connectivity index (χ4n) is 2.36. The van der Waals surface area contributed by atoms with Gasteiger partial charge in [0.05, 0.1) is 12.6 Å². The number of hydrogen-bond donors (Lipinski definition) is 3. The Balaban J connectivity index is 1.63. The van der Waals surface area contributed by atoms with Crippen LogP contribution in [-0.2, 0) is 11.3 Å². The summed E-state index contributed by atoms with van der Waals surface area (Å²) < 4.78 is 11.2. The molecule has 1 unspecified atom stereocenters. The predicted octanol–water partition coefficient (Wildman–Crippen LogP) is 2.21. The van der Waals surface area contributed by atoms with Crippen molar-refractivity contribution in [3.8, 4) is 0 Å². The summed E-state index contributed by atoms with van der Waals surface area (Å²) in [4.78, 5) is 15.2. The Morgan fingerprint density at radius 1 is 1.23 bits per heavy atom. The number of nitrogens with zero attached hydrogens (tertiary/aromatic N) is 1. The summed E-state index contributed by atoms with van der Waals surface area (Å²) in [6.45, 7) is 3.84. The zero-order valence-corrected chi connectivity index (χ0v) is 15.2. The highest BCUT2D eigenvalue weighted by Gasteiger charge is 2.08. The topological polar surface area (TPSA) is 102 Å². The van der Waals surface area contributed by atoms with Gasteiger partial charge in [-0.1, -0.05) is 30.3 Å². The van der Waals surface area contributed by atoms with Gasteiger partial charge >= 0.3 is 0 Å². The molecule has 4 N–H and O–H groups in total. The van der Waals surface area contributed by atoms with Gasteiger partial charge in [0.25, 0.3) is 5.91 Å². The zero-order valence-electron chi connectivity index (χ0n) is 15.2. The van der Waals surface area contributed by atoms with E-state index >= 15 is 0 Å². The summed E-state index contributed by atoms with van der Waals surface area (Å²) in [5, 5.41) is 6.32. The number of nitrogens with two attached hydrogens (primary N) is 1. The van der Waals surface area contributed by atoms with Crippen LogP contribution in [-0.4, -0.2) is 32.1 Å². The molecule has 1 aromatic heterocycles. The van der Waals surface area contributed by atoms with E-state index in [1.54, 1.807) is 19.2 Å². The van der Waals surface area contributed by atoms with Gasteiger partial charge in [-0.2, -0.15) is 0 Å². The first-order valence-electron chi connectivity index (χ1n) is 8.59. The standard InChI is InChI=1S/C19H26N4O3/c1-14(15-7-4-3-5-8-15)25-12-6-11-22-19(21-2)23-13-16-9-10-17(26-16)18(20)24/h3-5,7-10,14H,6,11-13H2,1-2H3,(H2,20,24)(H2,21,22,23). The van der Waals surface area contributed by atoms with Crippen LogP contribution in [0.25, 0.3) is 0 Å². The van der Waals surface area contributed by atoms with Gasteiger partial charge in [0.2, 0.25) is 0 Å². The van der Waals surface area contributed by atoms with E-state index in [0.29, 0.717) is 24.9 Å². The van der Waals surface area contributed by atoms with Gasteiger partial charge < -0.3 is 25.5 Å². The van der Waals surface area contributed by atoms with Crippen LogP contribution in [0, 0.1) is 0 Å². The Morgan fingerprint density at radius 2 is 2.00 bits per heavy atom. The minimum absolute atomic E-state index is 0.0760. The van der Waals surface area contributed by atoms with Crippen molar-refractivity contribution in [2.75, 3.05) is 20.2 Å². The van der Waals surface area contributed by atoms with Crippen LogP contribution in [0.5, 0.6) is 0 Å². The SMILES string of the molecule is CN=C(NCCCOC(C)c1ccccc1)NCc1ccc(C(N)=O)o1. The number of aliphatic imine (C=N–C) groups is 1. The lowest BCUT2D eigenvalue weighted by Crippen LogP contribution is -2.37. The highest BCUT2D eigenvalue weighted by molar-refractivity contribution is 5.89. The lowest BCUT2D eigenvalue weighted by Gasteiger charge is -2.14. The number of guanidine groups is 1. The fourth-order valence-corrected chi connectivity index (χ4v) is 2.36. The highest BCUT2D eigenvalue weighted by Crippen LogP contribution is 2.15. The van der Waals surface area contributed by atoms with Gasteiger partial charge in [-0.15, -0.1) is 0 Å².